The Labute approximate surface area is 227 Å². The average molecular weight is 509 g/mol. The molecule has 2 aromatic carbocycles. The van der Waals surface area contributed by atoms with Crippen molar-refractivity contribution >= 4 is 11.6 Å². The van der Waals surface area contributed by atoms with Gasteiger partial charge in [0.1, 0.15) is 0 Å². The first-order valence-corrected chi connectivity index (χ1v) is 14.1. The van der Waals surface area contributed by atoms with E-state index in [-0.39, 0.29) is 5.91 Å². The first-order chi connectivity index (χ1) is 18.3. The van der Waals surface area contributed by atoms with Crippen LogP contribution in [0.1, 0.15) is 95.5 Å². The molecule has 198 valence electrons. The number of carbonyl (C=O) groups is 1. The predicted molar refractivity (Wildman–Crippen MR) is 154 cm³/mol. The Hall–Kier alpha value is -3.36. The fraction of sp³-hybridized carbons (Fsp3) is 0.455. The summed E-state index contributed by atoms with van der Waals surface area (Å²) in [6.07, 6.45) is 6.64. The molecule has 1 amide bonds. The van der Waals surface area contributed by atoms with E-state index < -0.39 is 0 Å². The molecule has 5 rings (SSSR count). The zero-order chi connectivity index (χ0) is 26.8. The van der Waals surface area contributed by atoms with Gasteiger partial charge in [-0.3, -0.25) is 4.79 Å². The van der Waals surface area contributed by atoms with Crippen LogP contribution in [0.5, 0.6) is 0 Å². The van der Waals surface area contributed by atoms with Crippen LogP contribution in [0, 0.1) is 18.3 Å². The molecule has 2 aromatic rings. The lowest BCUT2D eigenvalue weighted by atomic mass is 9.76. The van der Waals surface area contributed by atoms with Crippen LogP contribution in [0.2, 0.25) is 0 Å². The van der Waals surface area contributed by atoms with Crippen LogP contribution in [-0.4, -0.2) is 48.9 Å². The van der Waals surface area contributed by atoms with Crippen molar-refractivity contribution in [3.63, 3.8) is 0 Å². The third-order valence-electron chi connectivity index (χ3n) is 8.90. The van der Waals surface area contributed by atoms with Gasteiger partial charge >= 0.3 is 0 Å². The summed E-state index contributed by atoms with van der Waals surface area (Å²) in [7, 11) is 2.16. The Bertz CT molecular complexity index is 1290. The smallest absolute Gasteiger partial charge is 0.254 e. The van der Waals surface area contributed by atoms with Gasteiger partial charge in [-0.2, -0.15) is 5.26 Å². The molecule has 0 unspecified atom stereocenters. The number of likely N-dealkylation sites (tertiary alicyclic amines) is 1. The van der Waals surface area contributed by atoms with Gasteiger partial charge in [0, 0.05) is 48.7 Å². The van der Waals surface area contributed by atoms with Gasteiger partial charge in [0.2, 0.25) is 0 Å². The summed E-state index contributed by atoms with van der Waals surface area (Å²) in [5.74, 6) is 1.11. The van der Waals surface area contributed by atoms with Gasteiger partial charge in [-0.15, -0.1) is 0 Å². The fourth-order valence-corrected chi connectivity index (χ4v) is 6.08. The minimum atomic E-state index is 0.128. The Kier molecular flexibility index (Phi) is 7.72. The summed E-state index contributed by atoms with van der Waals surface area (Å²) in [4.78, 5) is 18.2. The van der Waals surface area contributed by atoms with Crippen molar-refractivity contribution in [1.82, 2.24) is 15.1 Å². The summed E-state index contributed by atoms with van der Waals surface area (Å²) in [6, 6.07) is 14.5. The Morgan fingerprint density at radius 2 is 1.71 bits per heavy atom. The van der Waals surface area contributed by atoms with E-state index in [2.05, 4.69) is 68.0 Å². The number of rotatable bonds is 6. The van der Waals surface area contributed by atoms with E-state index >= 15 is 0 Å². The highest BCUT2D eigenvalue weighted by atomic mass is 16.2. The van der Waals surface area contributed by atoms with Gasteiger partial charge in [0.25, 0.3) is 5.91 Å². The predicted octanol–water partition coefficient (Wildman–Crippen LogP) is 6.32. The highest BCUT2D eigenvalue weighted by molar-refractivity contribution is 5.97. The Morgan fingerprint density at radius 1 is 1.00 bits per heavy atom. The van der Waals surface area contributed by atoms with Gasteiger partial charge in [-0.25, -0.2) is 0 Å². The number of likely N-dealkylation sites (N-methyl/N-ethyl adjacent to an activating group) is 1. The van der Waals surface area contributed by atoms with E-state index in [1.54, 1.807) is 0 Å². The van der Waals surface area contributed by atoms with Crippen molar-refractivity contribution in [2.75, 3.05) is 33.2 Å². The van der Waals surface area contributed by atoms with Crippen molar-refractivity contribution in [3.05, 3.63) is 87.6 Å². The number of hydrogen-bond acceptors (Lipinski definition) is 4. The second kappa shape index (κ2) is 11.2. The molecule has 0 radical (unpaired) electrons. The molecule has 1 aliphatic carbocycles. The number of piperidine rings is 1. The van der Waals surface area contributed by atoms with Crippen molar-refractivity contribution in [2.45, 2.75) is 64.2 Å². The normalized spacial score (nSPS) is 19.2. The number of amides is 1. The lowest BCUT2D eigenvalue weighted by molar-refractivity contribution is 0.0712. The fourth-order valence-electron chi connectivity index (χ4n) is 6.08. The molecule has 0 bridgehead atoms. The third-order valence-corrected chi connectivity index (χ3v) is 8.90. The van der Waals surface area contributed by atoms with Crippen LogP contribution in [0.4, 0.5) is 0 Å². The summed E-state index contributed by atoms with van der Waals surface area (Å²) in [5, 5.41) is 12.7. The van der Waals surface area contributed by atoms with Gasteiger partial charge in [0.05, 0.1) is 11.6 Å². The van der Waals surface area contributed by atoms with Crippen LogP contribution in [-0.2, 0) is 0 Å². The average Bonchev–Trinajstić information content (AvgIpc) is 2.89. The van der Waals surface area contributed by atoms with E-state index in [0.29, 0.717) is 17.4 Å². The van der Waals surface area contributed by atoms with Crippen molar-refractivity contribution in [2.24, 2.45) is 0 Å². The van der Waals surface area contributed by atoms with Gasteiger partial charge in [-0.05, 0) is 99.7 Å². The van der Waals surface area contributed by atoms with E-state index in [4.69, 9.17) is 5.26 Å². The molecular formula is C33H40N4O. The molecule has 0 spiro atoms. The van der Waals surface area contributed by atoms with Crippen LogP contribution >= 0.6 is 0 Å². The molecule has 3 aliphatic rings. The van der Waals surface area contributed by atoms with E-state index in [0.717, 1.165) is 67.8 Å². The SMILES string of the molecule is C=C(NC1=C(C)CCN(C)C1)c1cc(C(=O)N2CCC(c3ccc(C#N)cc3)CC2)c(C)cc1C1CCC1. The number of aryl methyl sites for hydroxylation is 1. The quantitative estimate of drug-likeness (QED) is 0.496. The molecule has 1 saturated heterocycles. The summed E-state index contributed by atoms with van der Waals surface area (Å²) >= 11 is 0. The highest BCUT2D eigenvalue weighted by Gasteiger charge is 2.29. The molecule has 0 aromatic heterocycles. The molecule has 1 N–H and O–H groups in total. The van der Waals surface area contributed by atoms with E-state index in [1.165, 1.54) is 41.7 Å². The Morgan fingerprint density at radius 3 is 2.34 bits per heavy atom. The zero-order valence-corrected chi connectivity index (χ0v) is 23.1. The molecule has 2 heterocycles. The van der Waals surface area contributed by atoms with E-state index in [9.17, 15) is 4.79 Å². The van der Waals surface area contributed by atoms with Crippen molar-refractivity contribution < 1.29 is 4.79 Å². The number of nitrogens with one attached hydrogen (secondary N) is 1. The molecular weight excluding hydrogens is 468 g/mol. The molecule has 5 heteroatoms. The number of hydrogen-bond donors (Lipinski definition) is 1. The molecule has 2 aliphatic heterocycles. The number of benzene rings is 2. The maximum absolute atomic E-state index is 13.8. The minimum Gasteiger partial charge on any atom is -0.358 e. The second-order valence-electron chi connectivity index (χ2n) is 11.5. The molecule has 1 saturated carbocycles. The summed E-state index contributed by atoms with van der Waals surface area (Å²) in [5.41, 5.74) is 9.80. The monoisotopic (exact) mass is 508 g/mol. The minimum absolute atomic E-state index is 0.128. The second-order valence-corrected chi connectivity index (χ2v) is 11.5. The molecule has 0 atom stereocenters. The Balaban J connectivity index is 1.35. The molecule has 5 nitrogen and oxygen atoms in total. The number of nitrogens with zero attached hydrogens (tertiary/aromatic N) is 3. The van der Waals surface area contributed by atoms with Crippen LogP contribution < -0.4 is 5.32 Å². The number of carbonyl (C=O) groups excluding carboxylic acids is 1. The zero-order valence-electron chi connectivity index (χ0n) is 23.1. The van der Waals surface area contributed by atoms with Crippen molar-refractivity contribution in [3.8, 4) is 6.07 Å². The summed E-state index contributed by atoms with van der Waals surface area (Å²) < 4.78 is 0. The van der Waals surface area contributed by atoms with Crippen LogP contribution in [0.15, 0.2) is 54.2 Å². The van der Waals surface area contributed by atoms with Gasteiger partial charge < -0.3 is 15.1 Å². The van der Waals surface area contributed by atoms with Gasteiger partial charge in [0.15, 0.2) is 0 Å². The lowest BCUT2D eigenvalue weighted by Gasteiger charge is -2.34. The topological polar surface area (TPSA) is 59.4 Å². The first kappa shape index (κ1) is 26.3. The maximum Gasteiger partial charge on any atom is 0.254 e. The molecule has 38 heavy (non-hydrogen) atoms. The lowest BCUT2D eigenvalue weighted by Crippen LogP contribution is -2.38. The van der Waals surface area contributed by atoms with Crippen molar-refractivity contribution in [1.29, 1.82) is 5.26 Å². The standard InChI is InChI=1S/C33H40N4O/c1-22-12-15-36(4)21-32(22)35-24(3)30-19-29(23(2)18-31(30)28-6-5-7-28)33(38)37-16-13-27(14-17-37)26-10-8-25(20-34)9-11-26/h8-11,18-19,27-28,35H,3,5-7,12-17,21H2,1-2,4H3. The van der Waals surface area contributed by atoms with Crippen LogP contribution in [0.3, 0.4) is 0 Å². The van der Waals surface area contributed by atoms with Crippen LogP contribution in [0.25, 0.3) is 5.70 Å². The summed E-state index contributed by atoms with van der Waals surface area (Å²) in [6.45, 7) is 12.2. The largest absolute Gasteiger partial charge is 0.358 e. The van der Waals surface area contributed by atoms with Gasteiger partial charge in [-0.1, -0.05) is 36.8 Å². The molecule has 2 fully saturated rings. The third kappa shape index (κ3) is 5.42. The number of nitriles is 1. The highest BCUT2D eigenvalue weighted by Crippen LogP contribution is 2.41. The van der Waals surface area contributed by atoms with E-state index in [1.807, 2.05) is 17.0 Å². The first-order valence-electron chi connectivity index (χ1n) is 14.1. The maximum atomic E-state index is 13.8.